The summed E-state index contributed by atoms with van der Waals surface area (Å²) in [7, 11) is 0. The standard InChI is InChI=1S/C6H6F3NO3/c7-6(8,9)5(13)10-3-1-2(3)4(11)12/h2-3H,1H2,(H,10,13)(H,11,12). The van der Waals surface area contributed by atoms with Crippen molar-refractivity contribution in [2.24, 2.45) is 5.92 Å². The van der Waals surface area contributed by atoms with Gasteiger partial charge in [-0.1, -0.05) is 0 Å². The number of alkyl halides is 3. The third kappa shape index (κ3) is 2.33. The Morgan fingerprint density at radius 3 is 2.23 bits per heavy atom. The van der Waals surface area contributed by atoms with E-state index in [4.69, 9.17) is 5.11 Å². The fourth-order valence-corrected chi connectivity index (χ4v) is 0.878. The van der Waals surface area contributed by atoms with Gasteiger partial charge in [-0.3, -0.25) is 9.59 Å². The summed E-state index contributed by atoms with van der Waals surface area (Å²) in [5.74, 6) is -4.14. The van der Waals surface area contributed by atoms with Gasteiger partial charge in [0.2, 0.25) is 0 Å². The zero-order valence-electron chi connectivity index (χ0n) is 6.26. The Bertz CT molecular complexity index is 250. The fourth-order valence-electron chi connectivity index (χ4n) is 0.878. The molecule has 74 valence electrons. The Morgan fingerprint density at radius 1 is 1.38 bits per heavy atom. The second kappa shape index (κ2) is 2.90. The Morgan fingerprint density at radius 2 is 1.92 bits per heavy atom. The van der Waals surface area contributed by atoms with Crippen LogP contribution in [-0.4, -0.2) is 29.2 Å². The van der Waals surface area contributed by atoms with Gasteiger partial charge in [-0.25, -0.2) is 0 Å². The van der Waals surface area contributed by atoms with Crippen LogP contribution in [0, 0.1) is 5.92 Å². The number of carboxylic acid groups (broad SMARTS) is 1. The molecule has 0 aromatic heterocycles. The van der Waals surface area contributed by atoms with Gasteiger partial charge in [0.15, 0.2) is 0 Å². The largest absolute Gasteiger partial charge is 0.481 e. The molecule has 1 amide bonds. The van der Waals surface area contributed by atoms with Crippen molar-refractivity contribution in [3.8, 4) is 0 Å². The van der Waals surface area contributed by atoms with E-state index in [1.807, 2.05) is 0 Å². The maximum atomic E-state index is 11.6. The van der Waals surface area contributed by atoms with Gasteiger partial charge in [0.05, 0.1) is 5.92 Å². The summed E-state index contributed by atoms with van der Waals surface area (Å²) in [5.41, 5.74) is 0. The molecule has 2 N–H and O–H groups in total. The van der Waals surface area contributed by atoms with Gasteiger partial charge >= 0.3 is 18.1 Å². The highest BCUT2D eigenvalue weighted by Crippen LogP contribution is 2.31. The summed E-state index contributed by atoms with van der Waals surface area (Å²) in [6, 6.07) is -0.869. The van der Waals surface area contributed by atoms with Crippen LogP contribution >= 0.6 is 0 Å². The van der Waals surface area contributed by atoms with E-state index in [0.29, 0.717) is 0 Å². The first-order valence-electron chi connectivity index (χ1n) is 3.43. The number of rotatable bonds is 2. The van der Waals surface area contributed by atoms with Crippen LogP contribution in [0.4, 0.5) is 13.2 Å². The average Bonchev–Trinajstić information content (AvgIpc) is 2.64. The maximum Gasteiger partial charge on any atom is 0.471 e. The molecule has 7 heteroatoms. The maximum absolute atomic E-state index is 11.6. The molecule has 0 saturated heterocycles. The lowest BCUT2D eigenvalue weighted by molar-refractivity contribution is -0.173. The Balaban J connectivity index is 2.37. The number of halogens is 3. The van der Waals surface area contributed by atoms with E-state index >= 15 is 0 Å². The van der Waals surface area contributed by atoms with Crippen LogP contribution in [0.2, 0.25) is 0 Å². The zero-order chi connectivity index (χ0) is 10.2. The Hall–Kier alpha value is -1.27. The molecule has 0 aromatic carbocycles. The molecule has 1 rings (SSSR count). The van der Waals surface area contributed by atoms with E-state index in [0.717, 1.165) is 0 Å². The van der Waals surface area contributed by atoms with Crippen LogP contribution in [0.25, 0.3) is 0 Å². The molecular weight excluding hydrogens is 191 g/mol. The molecule has 2 atom stereocenters. The molecule has 1 saturated carbocycles. The van der Waals surface area contributed by atoms with Crippen LogP contribution < -0.4 is 5.32 Å². The average molecular weight is 197 g/mol. The smallest absolute Gasteiger partial charge is 0.471 e. The monoisotopic (exact) mass is 197 g/mol. The number of carboxylic acids is 1. The number of aliphatic carboxylic acids is 1. The predicted octanol–water partition coefficient (Wildman–Crippen LogP) is 0.138. The number of carbonyl (C=O) groups excluding carboxylic acids is 1. The highest BCUT2D eigenvalue weighted by Gasteiger charge is 2.48. The third-order valence-electron chi connectivity index (χ3n) is 1.68. The minimum Gasteiger partial charge on any atom is -0.481 e. The van der Waals surface area contributed by atoms with E-state index in [9.17, 15) is 22.8 Å². The van der Waals surface area contributed by atoms with Crippen molar-refractivity contribution >= 4 is 11.9 Å². The number of carbonyl (C=O) groups is 2. The van der Waals surface area contributed by atoms with E-state index < -0.39 is 30.0 Å². The SMILES string of the molecule is O=C(O)C1CC1NC(=O)C(F)(F)F. The fraction of sp³-hybridized carbons (Fsp3) is 0.667. The zero-order valence-corrected chi connectivity index (χ0v) is 6.26. The highest BCUT2D eigenvalue weighted by atomic mass is 19.4. The topological polar surface area (TPSA) is 66.4 Å². The van der Waals surface area contributed by atoms with E-state index in [1.54, 1.807) is 5.32 Å². The van der Waals surface area contributed by atoms with Crippen molar-refractivity contribution in [2.75, 3.05) is 0 Å². The van der Waals surface area contributed by atoms with Crippen LogP contribution in [0.3, 0.4) is 0 Å². The van der Waals surface area contributed by atoms with Gasteiger partial charge < -0.3 is 10.4 Å². The van der Waals surface area contributed by atoms with Gasteiger partial charge in [-0.05, 0) is 6.42 Å². The van der Waals surface area contributed by atoms with Crippen molar-refractivity contribution in [1.29, 1.82) is 0 Å². The summed E-state index contributed by atoms with van der Waals surface area (Å²) in [6.45, 7) is 0. The number of amides is 1. The molecular formula is C6H6F3NO3. The number of hydrogen-bond donors (Lipinski definition) is 2. The normalized spacial score (nSPS) is 26.7. The molecule has 0 aromatic rings. The van der Waals surface area contributed by atoms with E-state index in [-0.39, 0.29) is 6.42 Å². The molecule has 1 aliphatic carbocycles. The lowest BCUT2D eigenvalue weighted by Crippen LogP contribution is -2.39. The summed E-state index contributed by atoms with van der Waals surface area (Å²) < 4.78 is 34.8. The molecule has 0 heterocycles. The Kier molecular flexibility index (Phi) is 2.19. The highest BCUT2D eigenvalue weighted by molar-refractivity contribution is 5.84. The van der Waals surface area contributed by atoms with Crippen molar-refractivity contribution < 1.29 is 27.9 Å². The number of nitrogens with one attached hydrogen (secondary N) is 1. The molecule has 0 radical (unpaired) electrons. The first-order valence-corrected chi connectivity index (χ1v) is 3.43. The lowest BCUT2D eigenvalue weighted by atomic mass is 10.4. The third-order valence-corrected chi connectivity index (χ3v) is 1.68. The lowest BCUT2D eigenvalue weighted by Gasteiger charge is -2.05. The van der Waals surface area contributed by atoms with Gasteiger partial charge in [-0.2, -0.15) is 13.2 Å². The first kappa shape index (κ1) is 9.82. The quantitative estimate of drug-likeness (QED) is 0.661. The van der Waals surface area contributed by atoms with Gasteiger partial charge in [0.1, 0.15) is 0 Å². The summed E-state index contributed by atoms with van der Waals surface area (Å²) in [6.07, 6.45) is -4.87. The summed E-state index contributed by atoms with van der Waals surface area (Å²) in [5, 5.41) is 9.89. The molecule has 0 bridgehead atoms. The molecule has 0 aliphatic heterocycles. The van der Waals surface area contributed by atoms with E-state index in [1.165, 1.54) is 0 Å². The summed E-state index contributed by atoms with van der Waals surface area (Å²) >= 11 is 0. The van der Waals surface area contributed by atoms with Gasteiger partial charge in [0.25, 0.3) is 0 Å². The summed E-state index contributed by atoms with van der Waals surface area (Å²) in [4.78, 5) is 20.4. The first-order chi connectivity index (χ1) is 5.82. The van der Waals surface area contributed by atoms with Gasteiger partial charge in [-0.15, -0.1) is 0 Å². The van der Waals surface area contributed by atoms with Crippen molar-refractivity contribution in [3.05, 3.63) is 0 Å². The van der Waals surface area contributed by atoms with Crippen LogP contribution in [-0.2, 0) is 9.59 Å². The van der Waals surface area contributed by atoms with Crippen molar-refractivity contribution in [2.45, 2.75) is 18.6 Å². The molecule has 1 aliphatic rings. The minimum absolute atomic E-state index is 0.0666. The predicted molar refractivity (Wildman–Crippen MR) is 33.7 cm³/mol. The molecule has 13 heavy (non-hydrogen) atoms. The van der Waals surface area contributed by atoms with Crippen molar-refractivity contribution in [3.63, 3.8) is 0 Å². The van der Waals surface area contributed by atoms with Crippen LogP contribution in [0.15, 0.2) is 0 Å². The molecule has 2 unspecified atom stereocenters. The van der Waals surface area contributed by atoms with Crippen LogP contribution in [0.1, 0.15) is 6.42 Å². The Labute approximate surface area is 70.7 Å². The van der Waals surface area contributed by atoms with E-state index in [2.05, 4.69) is 0 Å². The molecule has 0 spiro atoms. The van der Waals surface area contributed by atoms with Gasteiger partial charge in [0, 0.05) is 6.04 Å². The molecule has 4 nitrogen and oxygen atoms in total. The van der Waals surface area contributed by atoms with Crippen molar-refractivity contribution in [1.82, 2.24) is 5.32 Å². The van der Waals surface area contributed by atoms with Crippen LogP contribution in [0.5, 0.6) is 0 Å². The molecule has 1 fully saturated rings. The second-order valence-corrected chi connectivity index (χ2v) is 2.76. The number of hydrogen-bond acceptors (Lipinski definition) is 2. The second-order valence-electron chi connectivity index (χ2n) is 2.76. The minimum atomic E-state index is -4.94.